The van der Waals surface area contributed by atoms with E-state index < -0.39 is 24.0 Å². The van der Waals surface area contributed by atoms with Crippen LogP contribution in [0.2, 0.25) is 0 Å². The molecule has 7 nitrogen and oxygen atoms in total. The second-order valence-electron chi connectivity index (χ2n) is 8.86. The van der Waals surface area contributed by atoms with Gasteiger partial charge in [0.2, 0.25) is 5.91 Å². The number of carboxylic acids is 1. The topological polar surface area (TPSA) is 105 Å². The first-order valence-electron chi connectivity index (χ1n) is 11.8. The minimum Gasteiger partial charge on any atom is -0.480 e. The first-order valence-corrected chi connectivity index (χ1v) is 11.8. The molecule has 0 aliphatic heterocycles. The average Bonchev–Trinajstić information content (AvgIpc) is 3.16. The molecule has 7 heteroatoms. The van der Waals surface area contributed by atoms with E-state index in [9.17, 15) is 19.5 Å². The van der Waals surface area contributed by atoms with Gasteiger partial charge in [0, 0.05) is 11.8 Å². The molecule has 178 valence electrons. The molecule has 2 aromatic carbocycles. The van der Waals surface area contributed by atoms with Crippen LogP contribution in [-0.4, -0.2) is 41.8 Å². The second-order valence-corrected chi connectivity index (χ2v) is 8.86. The largest absolute Gasteiger partial charge is 0.480 e. The number of benzene rings is 2. The summed E-state index contributed by atoms with van der Waals surface area (Å²) in [7, 11) is 0. The number of rotatable bonds is 8. The van der Waals surface area contributed by atoms with E-state index in [1.807, 2.05) is 43.3 Å². The summed E-state index contributed by atoms with van der Waals surface area (Å²) in [5.74, 6) is -1.76. The Hall–Kier alpha value is -3.61. The van der Waals surface area contributed by atoms with E-state index in [0.29, 0.717) is 25.7 Å². The van der Waals surface area contributed by atoms with Crippen molar-refractivity contribution in [2.45, 2.75) is 50.6 Å². The van der Waals surface area contributed by atoms with Crippen LogP contribution in [0.1, 0.15) is 49.7 Å². The maximum atomic E-state index is 12.6. The van der Waals surface area contributed by atoms with Crippen LogP contribution in [0.4, 0.5) is 4.79 Å². The van der Waals surface area contributed by atoms with Crippen molar-refractivity contribution in [3.63, 3.8) is 0 Å². The van der Waals surface area contributed by atoms with Crippen LogP contribution < -0.4 is 10.6 Å². The number of allylic oxidation sites excluding steroid dienone is 1. The number of carboxylic acid groups (broad SMARTS) is 1. The maximum absolute atomic E-state index is 12.6. The van der Waals surface area contributed by atoms with Crippen molar-refractivity contribution < 1.29 is 24.2 Å². The Bertz CT molecular complexity index is 1050. The highest BCUT2D eigenvalue weighted by Crippen LogP contribution is 2.44. The van der Waals surface area contributed by atoms with Crippen LogP contribution in [0.15, 0.2) is 60.7 Å². The molecule has 34 heavy (non-hydrogen) atoms. The van der Waals surface area contributed by atoms with Gasteiger partial charge in [-0.25, -0.2) is 9.59 Å². The predicted molar refractivity (Wildman–Crippen MR) is 128 cm³/mol. The van der Waals surface area contributed by atoms with E-state index in [-0.39, 0.29) is 24.5 Å². The Balaban J connectivity index is 1.32. The van der Waals surface area contributed by atoms with Gasteiger partial charge in [0.1, 0.15) is 12.6 Å². The van der Waals surface area contributed by atoms with Gasteiger partial charge in [-0.05, 0) is 41.5 Å². The standard InChI is InChI=1S/C27H30N2O5/c1-2-8-24(26(31)32)29-25(30)17-9-7-10-18(15-17)28-27(33)34-16-23-21-13-5-3-11-19(21)20-12-4-6-14-22(20)23/h3-7,10-14,17-18,23-24H,2,8-9,15-16H2,1H3,(H,28,33)(H,29,30)(H,31,32)/t17?,18?,24-/m0/s1. The molecule has 2 aliphatic rings. The van der Waals surface area contributed by atoms with Gasteiger partial charge in [-0.3, -0.25) is 4.79 Å². The number of hydrogen-bond donors (Lipinski definition) is 3. The van der Waals surface area contributed by atoms with Crippen molar-refractivity contribution >= 4 is 18.0 Å². The SMILES string of the molecule is CCC[C@H](NC(=O)C1CC=CC(NC(=O)OCC2c3ccccc3-c3ccccc32)C1)C(=O)O. The third-order valence-electron chi connectivity index (χ3n) is 6.54. The fourth-order valence-corrected chi connectivity index (χ4v) is 4.84. The van der Waals surface area contributed by atoms with Crippen LogP contribution in [0.5, 0.6) is 0 Å². The quantitative estimate of drug-likeness (QED) is 0.509. The Kier molecular flexibility index (Phi) is 7.30. The van der Waals surface area contributed by atoms with Crippen molar-refractivity contribution in [2.24, 2.45) is 5.92 Å². The van der Waals surface area contributed by atoms with E-state index in [4.69, 9.17) is 4.74 Å². The van der Waals surface area contributed by atoms with Gasteiger partial charge in [0.15, 0.2) is 0 Å². The zero-order chi connectivity index (χ0) is 24.1. The highest BCUT2D eigenvalue weighted by molar-refractivity contribution is 5.85. The van der Waals surface area contributed by atoms with Crippen molar-refractivity contribution in [3.8, 4) is 11.1 Å². The molecule has 0 heterocycles. The summed E-state index contributed by atoms with van der Waals surface area (Å²) in [5.41, 5.74) is 4.62. The molecule has 2 aliphatic carbocycles. The zero-order valence-corrected chi connectivity index (χ0v) is 19.2. The number of ether oxygens (including phenoxy) is 1. The van der Waals surface area contributed by atoms with Gasteiger partial charge in [-0.15, -0.1) is 0 Å². The summed E-state index contributed by atoms with van der Waals surface area (Å²) in [4.78, 5) is 36.5. The summed E-state index contributed by atoms with van der Waals surface area (Å²) in [6, 6.07) is 15.1. The molecule has 0 aromatic heterocycles. The number of carbonyl (C=O) groups excluding carboxylic acids is 2. The van der Waals surface area contributed by atoms with E-state index in [2.05, 4.69) is 34.9 Å². The first-order chi connectivity index (χ1) is 16.5. The molecule has 2 unspecified atom stereocenters. The van der Waals surface area contributed by atoms with Crippen LogP contribution in [0.25, 0.3) is 11.1 Å². The third-order valence-corrected chi connectivity index (χ3v) is 6.54. The van der Waals surface area contributed by atoms with Crippen LogP contribution in [0, 0.1) is 5.92 Å². The van der Waals surface area contributed by atoms with Crippen LogP contribution in [0.3, 0.4) is 0 Å². The lowest BCUT2D eigenvalue weighted by Crippen LogP contribution is -2.46. The monoisotopic (exact) mass is 462 g/mol. The summed E-state index contributed by atoms with van der Waals surface area (Å²) in [5, 5.41) is 14.8. The average molecular weight is 463 g/mol. The predicted octanol–water partition coefficient (Wildman–Crippen LogP) is 4.23. The second kappa shape index (κ2) is 10.5. The lowest BCUT2D eigenvalue weighted by Gasteiger charge is -2.26. The fourth-order valence-electron chi connectivity index (χ4n) is 4.84. The normalized spacial score (nSPS) is 19.6. The molecule has 2 aromatic rings. The Morgan fingerprint density at radius 3 is 2.32 bits per heavy atom. The lowest BCUT2D eigenvalue weighted by molar-refractivity contribution is -0.142. The smallest absolute Gasteiger partial charge is 0.407 e. The van der Waals surface area contributed by atoms with Gasteiger partial charge in [0.05, 0.1) is 6.04 Å². The minimum absolute atomic E-state index is 0.0231. The Labute approximate surface area is 199 Å². The van der Waals surface area contributed by atoms with Gasteiger partial charge >= 0.3 is 12.1 Å². The Morgan fingerprint density at radius 2 is 1.71 bits per heavy atom. The molecular weight excluding hydrogens is 432 g/mol. The summed E-state index contributed by atoms with van der Waals surface area (Å²) in [6.07, 6.45) is 5.10. The molecule has 0 radical (unpaired) electrons. The van der Waals surface area contributed by atoms with Crippen LogP contribution >= 0.6 is 0 Å². The molecule has 0 bridgehead atoms. The molecule has 0 spiro atoms. The summed E-state index contributed by atoms with van der Waals surface area (Å²) < 4.78 is 5.60. The van der Waals surface area contributed by atoms with E-state index >= 15 is 0 Å². The highest BCUT2D eigenvalue weighted by atomic mass is 16.5. The van der Waals surface area contributed by atoms with E-state index in [0.717, 1.165) is 11.1 Å². The van der Waals surface area contributed by atoms with Gasteiger partial charge in [-0.2, -0.15) is 0 Å². The molecule has 4 rings (SSSR count). The van der Waals surface area contributed by atoms with E-state index in [1.54, 1.807) is 0 Å². The van der Waals surface area contributed by atoms with Crippen LogP contribution in [-0.2, 0) is 14.3 Å². The van der Waals surface area contributed by atoms with Crippen molar-refractivity contribution in [2.75, 3.05) is 6.61 Å². The fraction of sp³-hybridized carbons (Fsp3) is 0.370. The molecular formula is C27H30N2O5. The zero-order valence-electron chi connectivity index (χ0n) is 19.2. The highest BCUT2D eigenvalue weighted by Gasteiger charge is 2.31. The molecule has 0 fully saturated rings. The minimum atomic E-state index is -1.03. The van der Waals surface area contributed by atoms with Gasteiger partial charge in [0.25, 0.3) is 0 Å². The molecule has 2 amide bonds. The maximum Gasteiger partial charge on any atom is 0.407 e. The summed E-state index contributed by atoms with van der Waals surface area (Å²) in [6.45, 7) is 2.09. The number of fused-ring (bicyclic) bond motifs is 3. The van der Waals surface area contributed by atoms with Crippen molar-refractivity contribution in [1.29, 1.82) is 0 Å². The number of amides is 2. The third kappa shape index (κ3) is 5.14. The molecule has 3 N–H and O–H groups in total. The number of nitrogens with one attached hydrogen (secondary N) is 2. The summed E-state index contributed by atoms with van der Waals surface area (Å²) >= 11 is 0. The van der Waals surface area contributed by atoms with Gasteiger partial charge < -0.3 is 20.5 Å². The van der Waals surface area contributed by atoms with Gasteiger partial charge in [-0.1, -0.05) is 74.0 Å². The number of aliphatic carboxylic acids is 1. The number of alkyl carbamates (subject to hydrolysis) is 1. The number of hydrogen-bond acceptors (Lipinski definition) is 4. The first kappa shape index (κ1) is 23.5. The Morgan fingerprint density at radius 1 is 1.06 bits per heavy atom. The van der Waals surface area contributed by atoms with Crippen molar-refractivity contribution in [3.05, 3.63) is 71.8 Å². The molecule has 0 saturated heterocycles. The number of carbonyl (C=O) groups is 3. The van der Waals surface area contributed by atoms with E-state index in [1.165, 1.54) is 11.1 Å². The lowest BCUT2D eigenvalue weighted by atomic mass is 9.90. The van der Waals surface area contributed by atoms with Crippen molar-refractivity contribution in [1.82, 2.24) is 10.6 Å². The molecule has 0 saturated carbocycles. The molecule has 3 atom stereocenters.